The van der Waals surface area contributed by atoms with Gasteiger partial charge in [0.15, 0.2) is 17.2 Å². The van der Waals surface area contributed by atoms with Crippen LogP contribution < -0.4 is 24.8 Å². The van der Waals surface area contributed by atoms with Crippen LogP contribution in [0.5, 0.6) is 11.5 Å². The molecule has 2 amide bonds. The third kappa shape index (κ3) is 7.99. The highest BCUT2D eigenvalue weighted by Gasteiger charge is 2.32. The number of amides is 2. The van der Waals surface area contributed by atoms with Gasteiger partial charge in [-0.15, -0.1) is 10.2 Å². The number of sulfonamides is 1. The summed E-state index contributed by atoms with van der Waals surface area (Å²) in [6, 6.07) is 14.7. The van der Waals surface area contributed by atoms with Crippen LogP contribution in [0.3, 0.4) is 0 Å². The average molecular weight is 706 g/mol. The number of hydrogen-bond donors (Lipinski definition) is 3. The second-order valence-electron chi connectivity index (χ2n) is 15.2. The van der Waals surface area contributed by atoms with Crippen LogP contribution in [-0.4, -0.2) is 60.9 Å². The maximum Gasteiger partial charge on any atom is 0.319 e. The summed E-state index contributed by atoms with van der Waals surface area (Å²) >= 11 is 0. The van der Waals surface area contributed by atoms with Gasteiger partial charge in [-0.05, 0) is 93.1 Å². The summed E-state index contributed by atoms with van der Waals surface area (Å²) in [4.78, 5) is 15.7. The number of pyridine rings is 1. The Morgan fingerprint density at radius 2 is 1.68 bits per heavy atom. The number of nitrogens with one attached hydrogen (secondary N) is 3. The summed E-state index contributed by atoms with van der Waals surface area (Å²) in [5.74, 6) is 1.63. The fraction of sp³-hybridized carbons (Fsp3) is 0.486. The summed E-state index contributed by atoms with van der Waals surface area (Å²) < 4.78 is 42.8. The van der Waals surface area contributed by atoms with Crippen molar-refractivity contribution < 1.29 is 22.7 Å². The van der Waals surface area contributed by atoms with Gasteiger partial charge in [0, 0.05) is 0 Å². The molecule has 0 bridgehead atoms. The van der Waals surface area contributed by atoms with E-state index in [9.17, 15) is 13.2 Å². The number of hydrogen-bond acceptors (Lipinski definition) is 8. The van der Waals surface area contributed by atoms with E-state index >= 15 is 0 Å². The molecule has 0 radical (unpaired) electrons. The zero-order chi connectivity index (χ0) is 36.6. The monoisotopic (exact) mass is 705 g/mol. The minimum Gasteiger partial charge on any atom is -0.492 e. The van der Waals surface area contributed by atoms with Gasteiger partial charge in [0.1, 0.15) is 11.9 Å². The third-order valence-electron chi connectivity index (χ3n) is 9.29. The number of aromatic nitrogens is 3. The van der Waals surface area contributed by atoms with Gasteiger partial charge in [0.05, 0.1) is 42.0 Å². The second kappa shape index (κ2) is 14.1. The van der Waals surface area contributed by atoms with Crippen LogP contribution in [0.4, 0.5) is 16.2 Å². The van der Waals surface area contributed by atoms with Crippen molar-refractivity contribution in [3.63, 3.8) is 0 Å². The van der Waals surface area contributed by atoms with E-state index in [4.69, 9.17) is 9.47 Å². The van der Waals surface area contributed by atoms with Crippen LogP contribution in [0.1, 0.15) is 96.0 Å². The lowest BCUT2D eigenvalue weighted by atomic mass is 9.85. The highest BCUT2D eigenvalue weighted by Crippen LogP contribution is 2.41. The van der Waals surface area contributed by atoms with E-state index in [0.717, 1.165) is 28.2 Å². The molecule has 0 saturated heterocycles. The molecule has 2 aromatic heterocycles. The maximum absolute atomic E-state index is 13.6. The van der Waals surface area contributed by atoms with Gasteiger partial charge in [-0.2, -0.15) is 0 Å². The number of ether oxygens (including phenoxy) is 2. The average Bonchev–Trinajstić information content (AvgIpc) is 3.45. The SMILES string of the molecule is COc1c(NC(=O)N[C@H]2CC[C@@H](Oc3ccc4nnc(C(C)(C)N(C)C)n4c3)c3ccccc32)cc(C(C)(C)C)cc1NS(=O)(=O)CC(C)C. The second-order valence-corrected chi connectivity index (χ2v) is 16.9. The van der Waals surface area contributed by atoms with Crippen molar-refractivity contribution >= 4 is 33.1 Å². The smallest absolute Gasteiger partial charge is 0.319 e. The minimum atomic E-state index is -3.66. The molecule has 12 nitrogen and oxygen atoms in total. The number of fused-ring (bicyclic) bond motifs is 2. The lowest BCUT2D eigenvalue weighted by molar-refractivity contribution is 0.170. The predicted molar refractivity (Wildman–Crippen MR) is 198 cm³/mol. The normalized spacial score (nSPS) is 16.7. The van der Waals surface area contributed by atoms with Crippen molar-refractivity contribution in [3.8, 4) is 11.5 Å². The summed E-state index contributed by atoms with van der Waals surface area (Å²) in [5.41, 5.74) is 3.50. The number of benzene rings is 2. The van der Waals surface area contributed by atoms with Crippen LogP contribution in [0.2, 0.25) is 0 Å². The molecule has 50 heavy (non-hydrogen) atoms. The van der Waals surface area contributed by atoms with E-state index in [0.29, 0.717) is 24.3 Å². The zero-order valence-corrected chi connectivity index (χ0v) is 31.6. The van der Waals surface area contributed by atoms with Crippen molar-refractivity contribution in [3.05, 3.63) is 77.2 Å². The Kier molecular flexibility index (Phi) is 10.4. The van der Waals surface area contributed by atoms with Crippen molar-refractivity contribution in [1.29, 1.82) is 0 Å². The maximum atomic E-state index is 13.6. The standard InChI is InChI=1S/C37H51N7O5S/c1-23(2)22-50(46,47)42-30-20-24(36(3,4)5)19-29(33(30)48-10)39-35(45)38-28-16-17-31(27-14-12-11-13-26(27)28)49-25-15-18-32-40-41-34(44(32)21-25)37(6,7)43(8)9/h11-15,18-21,23,28,31,42H,16-17,22H2,1-10H3,(H2,38,39,45)/t28-,31+/m0/s1. The lowest BCUT2D eigenvalue weighted by Crippen LogP contribution is -2.37. The molecule has 0 unspecified atom stereocenters. The van der Waals surface area contributed by atoms with Gasteiger partial charge < -0.3 is 20.1 Å². The van der Waals surface area contributed by atoms with E-state index < -0.39 is 16.1 Å². The van der Waals surface area contributed by atoms with Gasteiger partial charge in [0.25, 0.3) is 0 Å². The van der Waals surface area contributed by atoms with E-state index in [-0.39, 0.29) is 46.2 Å². The van der Waals surface area contributed by atoms with Crippen LogP contribution in [-0.2, 0) is 21.0 Å². The van der Waals surface area contributed by atoms with Gasteiger partial charge in [-0.1, -0.05) is 58.9 Å². The van der Waals surface area contributed by atoms with Crippen molar-refractivity contribution in [1.82, 2.24) is 24.8 Å². The zero-order valence-electron chi connectivity index (χ0n) is 30.8. The first-order valence-electron chi connectivity index (χ1n) is 17.0. The number of methoxy groups -OCH3 is 1. The fourth-order valence-electron chi connectivity index (χ4n) is 6.16. The third-order valence-corrected chi connectivity index (χ3v) is 10.9. The quantitative estimate of drug-likeness (QED) is 0.152. The molecule has 3 N–H and O–H groups in total. The molecule has 1 aliphatic carbocycles. The van der Waals surface area contributed by atoms with E-state index in [1.807, 2.05) is 102 Å². The molecule has 13 heteroatoms. The molecule has 0 spiro atoms. The molecular weight excluding hydrogens is 655 g/mol. The largest absolute Gasteiger partial charge is 0.492 e. The lowest BCUT2D eigenvalue weighted by Gasteiger charge is -2.33. The van der Waals surface area contributed by atoms with Gasteiger partial charge in [-0.3, -0.25) is 14.0 Å². The highest BCUT2D eigenvalue weighted by atomic mass is 32.2. The summed E-state index contributed by atoms with van der Waals surface area (Å²) in [7, 11) is 1.83. The fourth-order valence-corrected chi connectivity index (χ4v) is 7.61. The van der Waals surface area contributed by atoms with Crippen LogP contribution in [0, 0.1) is 5.92 Å². The Morgan fingerprint density at radius 3 is 2.32 bits per heavy atom. The highest BCUT2D eigenvalue weighted by molar-refractivity contribution is 7.92. The van der Waals surface area contributed by atoms with E-state index in [2.05, 4.69) is 44.3 Å². The number of nitrogens with zero attached hydrogens (tertiary/aromatic N) is 4. The summed E-state index contributed by atoms with van der Waals surface area (Å²) in [5, 5.41) is 14.9. The Hall–Kier alpha value is -4.36. The van der Waals surface area contributed by atoms with Crippen LogP contribution in [0.25, 0.3) is 5.65 Å². The Balaban J connectivity index is 1.37. The molecule has 2 aromatic carbocycles. The molecule has 270 valence electrons. The number of carbonyl (C=O) groups is 1. The van der Waals surface area contributed by atoms with Crippen LogP contribution in [0.15, 0.2) is 54.7 Å². The van der Waals surface area contributed by atoms with Gasteiger partial charge in [-0.25, -0.2) is 13.2 Å². The molecule has 0 aliphatic heterocycles. The topological polar surface area (TPSA) is 139 Å². The molecule has 0 saturated carbocycles. The van der Waals surface area contributed by atoms with Crippen molar-refractivity contribution in [2.75, 3.05) is 37.0 Å². The molecule has 5 rings (SSSR count). The van der Waals surface area contributed by atoms with Gasteiger partial charge in [0.2, 0.25) is 10.0 Å². The predicted octanol–water partition coefficient (Wildman–Crippen LogP) is 7.01. The van der Waals surface area contributed by atoms with Crippen LogP contribution >= 0.6 is 0 Å². The molecule has 1 aliphatic rings. The Morgan fingerprint density at radius 1 is 1.00 bits per heavy atom. The minimum absolute atomic E-state index is 0.0456. The number of urea groups is 1. The Bertz CT molecular complexity index is 1960. The molecular formula is C37H51N7O5S. The molecule has 2 atom stereocenters. The summed E-state index contributed by atoms with van der Waals surface area (Å²) in [6.45, 7) is 14.0. The number of rotatable bonds is 11. The molecule has 2 heterocycles. The summed E-state index contributed by atoms with van der Waals surface area (Å²) in [6.07, 6.45) is 3.02. The number of anilines is 2. The first-order chi connectivity index (χ1) is 23.4. The first-order valence-corrected chi connectivity index (χ1v) is 18.6. The number of carbonyl (C=O) groups excluding carboxylic acids is 1. The van der Waals surface area contributed by atoms with Crippen molar-refractivity contribution in [2.24, 2.45) is 5.92 Å². The Labute approximate surface area is 296 Å². The van der Waals surface area contributed by atoms with Crippen molar-refractivity contribution in [2.45, 2.75) is 84.4 Å². The molecule has 0 fully saturated rings. The van der Waals surface area contributed by atoms with E-state index in [1.165, 1.54) is 7.11 Å². The first kappa shape index (κ1) is 36.9. The van der Waals surface area contributed by atoms with Gasteiger partial charge >= 0.3 is 6.03 Å². The molecule has 4 aromatic rings. The van der Waals surface area contributed by atoms with E-state index in [1.54, 1.807) is 6.07 Å².